The fourth-order valence-corrected chi connectivity index (χ4v) is 2.44. The first-order chi connectivity index (χ1) is 10.6. The summed E-state index contributed by atoms with van der Waals surface area (Å²) in [6.07, 6.45) is 4.27. The van der Waals surface area contributed by atoms with Gasteiger partial charge in [-0.15, -0.1) is 11.8 Å². The number of rotatable bonds is 6. The van der Waals surface area contributed by atoms with Gasteiger partial charge in [0.05, 0.1) is 12.1 Å². The maximum Gasteiger partial charge on any atom is 0.248 e. The Bertz CT molecular complexity index is 610. The van der Waals surface area contributed by atoms with Crippen molar-refractivity contribution in [2.45, 2.75) is 24.7 Å². The second-order valence-electron chi connectivity index (χ2n) is 4.89. The highest BCUT2D eigenvalue weighted by atomic mass is 32.2. The molecule has 116 valence electrons. The molecule has 1 heterocycles. The van der Waals surface area contributed by atoms with Gasteiger partial charge in [0.15, 0.2) is 0 Å². The molecule has 0 bridgehead atoms. The predicted octanol–water partition coefficient (Wildman–Crippen LogP) is 1.76. The minimum atomic E-state index is -0.311. The van der Waals surface area contributed by atoms with Crippen LogP contribution in [0.25, 0.3) is 0 Å². The molecule has 2 rings (SSSR count). The van der Waals surface area contributed by atoms with Crippen molar-refractivity contribution in [3.8, 4) is 0 Å². The molecule has 6 nitrogen and oxygen atoms in total. The van der Waals surface area contributed by atoms with Crippen molar-refractivity contribution in [3.05, 3.63) is 29.8 Å². The van der Waals surface area contributed by atoms with Crippen LogP contribution in [0.3, 0.4) is 0 Å². The molecule has 22 heavy (non-hydrogen) atoms. The van der Waals surface area contributed by atoms with Crippen LogP contribution in [0.4, 0.5) is 0 Å². The summed E-state index contributed by atoms with van der Waals surface area (Å²) in [5, 5.41) is 7.76. The van der Waals surface area contributed by atoms with Crippen LogP contribution in [0.15, 0.2) is 39.4 Å². The zero-order chi connectivity index (χ0) is 15.9. The number of nitrogens with one attached hydrogen (secondary N) is 2. The molecule has 7 heteroatoms. The lowest BCUT2D eigenvalue weighted by atomic mass is 9.99. The standard InChI is InChI=1S/C15H18N4O2S/c1-10-13(15(21)19-17-10)7-8-14(20)18-16-9-11-3-5-12(22-2)6-4-11/h3-6,9,13H,7-8H2,1-2H3,(H,18,20)(H,19,21)/b16-9+. The Morgan fingerprint density at radius 1 is 1.45 bits per heavy atom. The zero-order valence-corrected chi connectivity index (χ0v) is 13.3. The average Bonchev–Trinajstić information content (AvgIpc) is 2.84. The lowest BCUT2D eigenvalue weighted by Gasteiger charge is -2.06. The van der Waals surface area contributed by atoms with Gasteiger partial charge in [-0.25, -0.2) is 10.9 Å². The van der Waals surface area contributed by atoms with Crippen molar-refractivity contribution in [1.82, 2.24) is 10.9 Å². The van der Waals surface area contributed by atoms with E-state index in [2.05, 4.69) is 21.1 Å². The third-order valence-electron chi connectivity index (χ3n) is 3.34. The smallest absolute Gasteiger partial charge is 0.248 e. The number of hydrogen-bond acceptors (Lipinski definition) is 5. The van der Waals surface area contributed by atoms with Gasteiger partial charge in [0, 0.05) is 17.0 Å². The molecule has 1 aliphatic rings. The van der Waals surface area contributed by atoms with Crippen LogP contribution in [-0.2, 0) is 9.59 Å². The van der Waals surface area contributed by atoms with E-state index < -0.39 is 0 Å². The normalized spacial score (nSPS) is 17.5. The van der Waals surface area contributed by atoms with Crippen molar-refractivity contribution < 1.29 is 9.59 Å². The predicted molar refractivity (Wildman–Crippen MR) is 87.9 cm³/mol. The highest BCUT2D eigenvalue weighted by molar-refractivity contribution is 7.98. The molecule has 0 spiro atoms. The van der Waals surface area contributed by atoms with Gasteiger partial charge in [0.25, 0.3) is 0 Å². The van der Waals surface area contributed by atoms with Gasteiger partial charge in [-0.1, -0.05) is 12.1 Å². The van der Waals surface area contributed by atoms with Crippen LogP contribution in [0.2, 0.25) is 0 Å². The molecule has 0 aliphatic carbocycles. The molecule has 0 aromatic heterocycles. The highest BCUT2D eigenvalue weighted by Crippen LogP contribution is 2.14. The van der Waals surface area contributed by atoms with Crippen LogP contribution in [0.5, 0.6) is 0 Å². The summed E-state index contributed by atoms with van der Waals surface area (Å²) in [5.74, 6) is -0.680. The van der Waals surface area contributed by atoms with E-state index in [1.807, 2.05) is 30.5 Å². The van der Waals surface area contributed by atoms with Crippen molar-refractivity contribution in [1.29, 1.82) is 0 Å². The topological polar surface area (TPSA) is 82.9 Å². The van der Waals surface area contributed by atoms with Crippen molar-refractivity contribution in [2.24, 2.45) is 16.1 Å². The van der Waals surface area contributed by atoms with E-state index >= 15 is 0 Å². The number of hydrogen-bond donors (Lipinski definition) is 2. The minimum absolute atomic E-state index is 0.150. The molecule has 0 radical (unpaired) electrons. The van der Waals surface area contributed by atoms with Crippen LogP contribution in [0.1, 0.15) is 25.3 Å². The second kappa shape index (κ2) is 7.74. The first-order valence-electron chi connectivity index (χ1n) is 6.90. The maximum absolute atomic E-state index is 11.7. The van der Waals surface area contributed by atoms with Crippen LogP contribution in [0, 0.1) is 5.92 Å². The van der Waals surface area contributed by atoms with Crippen molar-refractivity contribution in [2.75, 3.05) is 6.26 Å². The Morgan fingerprint density at radius 2 is 2.18 bits per heavy atom. The number of nitrogens with zero attached hydrogens (tertiary/aromatic N) is 2. The molecule has 1 aromatic carbocycles. The van der Waals surface area contributed by atoms with E-state index in [1.165, 1.54) is 4.90 Å². The van der Waals surface area contributed by atoms with Gasteiger partial charge in [0.1, 0.15) is 0 Å². The Balaban J connectivity index is 1.76. The summed E-state index contributed by atoms with van der Waals surface area (Å²) in [5.41, 5.74) is 6.50. The lowest BCUT2D eigenvalue weighted by Crippen LogP contribution is -2.25. The molecule has 0 saturated heterocycles. The Morgan fingerprint density at radius 3 is 2.77 bits per heavy atom. The third-order valence-corrected chi connectivity index (χ3v) is 4.09. The Kier molecular flexibility index (Phi) is 5.71. The number of amides is 2. The van der Waals surface area contributed by atoms with Gasteiger partial charge in [-0.05, 0) is 37.3 Å². The first kappa shape index (κ1) is 16.2. The molecule has 0 fully saturated rings. The number of thioether (sulfide) groups is 1. The molecular weight excluding hydrogens is 300 g/mol. The molecule has 1 aromatic rings. The lowest BCUT2D eigenvalue weighted by molar-refractivity contribution is -0.123. The van der Waals surface area contributed by atoms with E-state index in [4.69, 9.17) is 0 Å². The van der Waals surface area contributed by atoms with Gasteiger partial charge in [-0.2, -0.15) is 10.2 Å². The number of benzene rings is 1. The molecular formula is C15H18N4O2S. The molecule has 1 atom stereocenters. The van der Waals surface area contributed by atoms with E-state index in [-0.39, 0.29) is 24.2 Å². The summed E-state index contributed by atoms with van der Waals surface area (Å²) < 4.78 is 0. The molecule has 2 amide bonds. The molecule has 2 N–H and O–H groups in total. The highest BCUT2D eigenvalue weighted by Gasteiger charge is 2.26. The molecule has 0 saturated carbocycles. The Hall–Kier alpha value is -2.15. The largest absolute Gasteiger partial charge is 0.273 e. The fourth-order valence-electron chi connectivity index (χ4n) is 2.03. The van der Waals surface area contributed by atoms with Gasteiger partial charge >= 0.3 is 0 Å². The van der Waals surface area contributed by atoms with Crippen LogP contribution < -0.4 is 10.9 Å². The Labute approximate surface area is 133 Å². The summed E-state index contributed by atoms with van der Waals surface area (Å²) in [4.78, 5) is 24.3. The van der Waals surface area contributed by atoms with E-state index in [9.17, 15) is 9.59 Å². The summed E-state index contributed by atoms with van der Waals surface area (Å²) >= 11 is 1.67. The van der Waals surface area contributed by atoms with Crippen LogP contribution in [-0.4, -0.2) is 30.0 Å². The summed E-state index contributed by atoms with van der Waals surface area (Å²) in [6.45, 7) is 1.77. The minimum Gasteiger partial charge on any atom is -0.273 e. The van der Waals surface area contributed by atoms with Gasteiger partial charge in [0.2, 0.25) is 11.8 Å². The summed E-state index contributed by atoms with van der Waals surface area (Å²) in [7, 11) is 0. The fraction of sp³-hybridized carbons (Fsp3) is 0.333. The van der Waals surface area contributed by atoms with E-state index in [0.717, 1.165) is 11.3 Å². The van der Waals surface area contributed by atoms with E-state index in [0.29, 0.717) is 6.42 Å². The van der Waals surface area contributed by atoms with Gasteiger partial charge < -0.3 is 0 Å². The van der Waals surface area contributed by atoms with E-state index in [1.54, 1.807) is 24.9 Å². The zero-order valence-electron chi connectivity index (χ0n) is 12.5. The monoisotopic (exact) mass is 318 g/mol. The number of carbonyl (C=O) groups excluding carboxylic acids is 2. The van der Waals surface area contributed by atoms with Crippen LogP contribution >= 0.6 is 11.8 Å². The number of carbonyl (C=O) groups is 2. The maximum atomic E-state index is 11.7. The average molecular weight is 318 g/mol. The van der Waals surface area contributed by atoms with Crippen molar-refractivity contribution in [3.63, 3.8) is 0 Å². The SMILES string of the molecule is CSc1ccc(/C=N/NC(=O)CCC2C(=O)NN=C2C)cc1. The molecule has 1 unspecified atom stereocenters. The first-order valence-corrected chi connectivity index (χ1v) is 8.12. The second-order valence-corrected chi connectivity index (χ2v) is 5.77. The van der Waals surface area contributed by atoms with Gasteiger partial charge in [-0.3, -0.25) is 9.59 Å². The number of hydrazone groups is 2. The molecule has 1 aliphatic heterocycles. The third kappa shape index (κ3) is 4.42. The van der Waals surface area contributed by atoms with Crippen molar-refractivity contribution >= 4 is 35.5 Å². The quantitative estimate of drug-likeness (QED) is 0.476. The summed E-state index contributed by atoms with van der Waals surface area (Å²) in [6, 6.07) is 7.86.